The van der Waals surface area contributed by atoms with Gasteiger partial charge in [0, 0.05) is 35.8 Å². The topological polar surface area (TPSA) is 51.4 Å². The third-order valence-electron chi connectivity index (χ3n) is 6.30. The number of fused-ring (bicyclic) bond motifs is 1. The molecule has 1 fully saturated rings. The molecule has 3 aliphatic rings. The summed E-state index contributed by atoms with van der Waals surface area (Å²) >= 11 is 1.79. The average molecular weight is 438 g/mol. The molecule has 3 heterocycles. The van der Waals surface area contributed by atoms with Gasteiger partial charge >= 0.3 is 0 Å². The molecule has 0 amide bonds. The van der Waals surface area contributed by atoms with Crippen molar-refractivity contribution in [2.24, 2.45) is 5.92 Å². The molecule has 1 aliphatic carbocycles. The third-order valence-corrected chi connectivity index (χ3v) is 7.77. The minimum Gasteiger partial charge on any atom is -0.453 e. The lowest BCUT2D eigenvalue weighted by atomic mass is 9.93. The molecular weight excluding hydrogens is 409 g/mol. The van der Waals surface area contributed by atoms with Gasteiger partial charge in [-0.05, 0) is 68.8 Å². The van der Waals surface area contributed by atoms with Crippen LogP contribution in [0.15, 0.2) is 59.2 Å². The number of likely N-dealkylation sites (tertiary alicyclic amines) is 1. The fraction of sp³-hybridized carbons (Fsp3) is 0.400. The van der Waals surface area contributed by atoms with Crippen molar-refractivity contribution in [3.05, 3.63) is 65.8 Å². The first-order valence-electron chi connectivity index (χ1n) is 11.1. The fourth-order valence-electron chi connectivity index (χ4n) is 4.63. The van der Waals surface area contributed by atoms with Gasteiger partial charge in [-0.3, -0.25) is 4.98 Å². The molecule has 5 rings (SSSR count). The predicted molar refractivity (Wildman–Crippen MR) is 124 cm³/mol. The summed E-state index contributed by atoms with van der Waals surface area (Å²) in [4.78, 5) is 8.15. The summed E-state index contributed by atoms with van der Waals surface area (Å²) in [5.41, 5.74) is 8.47. The van der Waals surface area contributed by atoms with Crippen LogP contribution in [0.3, 0.4) is 0 Å². The lowest BCUT2D eigenvalue weighted by Gasteiger charge is -2.28. The molecule has 1 aromatic heterocycles. The number of rotatable bonds is 5. The molecule has 0 spiro atoms. The molecule has 1 saturated heterocycles. The van der Waals surface area contributed by atoms with Crippen LogP contribution in [-0.2, 0) is 6.42 Å². The van der Waals surface area contributed by atoms with Gasteiger partial charge in [0.1, 0.15) is 5.75 Å². The van der Waals surface area contributed by atoms with E-state index in [0.717, 1.165) is 29.9 Å². The Morgan fingerprint density at radius 3 is 2.84 bits per heavy atom. The number of ether oxygens (including phenoxy) is 1. The maximum atomic E-state index is 14.3. The Morgan fingerprint density at radius 1 is 1.19 bits per heavy atom. The van der Waals surface area contributed by atoms with Crippen LogP contribution in [0.4, 0.5) is 10.1 Å². The molecule has 2 unspecified atom stereocenters. The molecule has 162 valence electrons. The zero-order chi connectivity index (χ0) is 21.2. The summed E-state index contributed by atoms with van der Waals surface area (Å²) < 4.78 is 20.2. The van der Waals surface area contributed by atoms with E-state index >= 15 is 0 Å². The smallest absolute Gasteiger partial charge is 0.167 e. The molecule has 0 radical (unpaired) electrons. The number of nitrogen functional groups attached to an aromatic ring is 1. The first kappa shape index (κ1) is 20.6. The van der Waals surface area contributed by atoms with Gasteiger partial charge in [0.15, 0.2) is 11.6 Å². The molecule has 31 heavy (non-hydrogen) atoms. The summed E-state index contributed by atoms with van der Waals surface area (Å²) in [6.07, 6.45) is 14.6. The second-order valence-corrected chi connectivity index (χ2v) is 9.80. The quantitative estimate of drug-likeness (QED) is 0.617. The highest BCUT2D eigenvalue weighted by Gasteiger charge is 2.27. The van der Waals surface area contributed by atoms with Gasteiger partial charge in [-0.25, -0.2) is 4.39 Å². The normalized spacial score (nSPS) is 23.5. The Balaban J connectivity index is 1.29. The summed E-state index contributed by atoms with van der Waals surface area (Å²) in [6.45, 7) is 3.68. The summed E-state index contributed by atoms with van der Waals surface area (Å²) in [5, 5.41) is 0.374. The number of nitrogens with two attached hydrogens (primary N) is 1. The van der Waals surface area contributed by atoms with Crippen LogP contribution in [-0.4, -0.2) is 34.8 Å². The van der Waals surface area contributed by atoms with Gasteiger partial charge < -0.3 is 15.4 Å². The van der Waals surface area contributed by atoms with Gasteiger partial charge in [-0.15, -0.1) is 11.8 Å². The zero-order valence-corrected chi connectivity index (χ0v) is 18.4. The molecule has 2 atom stereocenters. The van der Waals surface area contributed by atoms with Crippen LogP contribution in [0.25, 0.3) is 0 Å². The number of benzene rings is 1. The standard InChI is InChI=1S/C25H28FN3OS/c26-20-15-19(27)7-9-22(20)30-23-11-12-28-21-8-10-24(31-25(21)23)18-5-3-17(4-6-18)16-29-13-1-2-14-29/h3,5-7,9,11-12,15,17,24H,1-2,4,8,10,13-14,16,27H2. The van der Waals surface area contributed by atoms with E-state index in [1.54, 1.807) is 30.1 Å². The minimum absolute atomic E-state index is 0.187. The maximum Gasteiger partial charge on any atom is 0.167 e. The first-order valence-corrected chi connectivity index (χ1v) is 12.0. The number of allylic oxidation sites excluding steroid dienone is 2. The predicted octanol–water partition coefficient (Wildman–Crippen LogP) is 5.60. The van der Waals surface area contributed by atoms with Gasteiger partial charge in [-0.1, -0.05) is 18.2 Å². The van der Waals surface area contributed by atoms with Crippen molar-refractivity contribution >= 4 is 17.4 Å². The first-order chi connectivity index (χ1) is 15.2. The zero-order valence-electron chi connectivity index (χ0n) is 17.6. The number of nitrogens with zero attached hydrogens (tertiary/aromatic N) is 2. The number of hydrogen-bond donors (Lipinski definition) is 1. The van der Waals surface area contributed by atoms with Crippen molar-refractivity contribution in [2.45, 2.75) is 42.2 Å². The second-order valence-electron chi connectivity index (χ2n) is 8.59. The summed E-state index contributed by atoms with van der Waals surface area (Å²) in [6, 6.07) is 6.34. The number of halogens is 1. The highest BCUT2D eigenvalue weighted by atomic mass is 32.2. The number of anilines is 1. The molecule has 0 saturated carbocycles. The SMILES string of the molecule is Nc1ccc(Oc2ccnc3c2SC(C2=CCC(CN4CCCC4)C=C2)CC3)c(F)c1. The fourth-order valence-corrected chi connectivity index (χ4v) is 5.98. The van der Waals surface area contributed by atoms with E-state index in [4.69, 9.17) is 10.5 Å². The van der Waals surface area contributed by atoms with Crippen molar-refractivity contribution in [3.63, 3.8) is 0 Å². The summed E-state index contributed by atoms with van der Waals surface area (Å²) in [7, 11) is 0. The number of thioether (sulfide) groups is 1. The van der Waals surface area contributed by atoms with E-state index in [-0.39, 0.29) is 5.75 Å². The number of pyridine rings is 1. The minimum atomic E-state index is -0.454. The van der Waals surface area contributed by atoms with E-state index in [2.05, 4.69) is 28.1 Å². The average Bonchev–Trinajstić information content (AvgIpc) is 3.29. The largest absolute Gasteiger partial charge is 0.453 e. The van der Waals surface area contributed by atoms with E-state index < -0.39 is 5.82 Å². The Kier molecular flexibility index (Phi) is 6.01. The second kappa shape index (κ2) is 9.05. The van der Waals surface area contributed by atoms with Crippen LogP contribution < -0.4 is 10.5 Å². The molecule has 0 bridgehead atoms. The lowest BCUT2D eigenvalue weighted by molar-refractivity contribution is 0.302. The van der Waals surface area contributed by atoms with Gasteiger partial charge in [-0.2, -0.15) is 0 Å². The highest BCUT2D eigenvalue weighted by Crippen LogP contribution is 2.45. The Morgan fingerprint density at radius 2 is 2.06 bits per heavy atom. The monoisotopic (exact) mass is 437 g/mol. The van der Waals surface area contributed by atoms with E-state index in [0.29, 0.717) is 22.6 Å². The Labute approximate surface area is 187 Å². The Bertz CT molecular complexity index is 1020. The van der Waals surface area contributed by atoms with Crippen LogP contribution in [0.2, 0.25) is 0 Å². The van der Waals surface area contributed by atoms with Crippen LogP contribution in [0, 0.1) is 11.7 Å². The van der Waals surface area contributed by atoms with Crippen molar-refractivity contribution < 1.29 is 9.13 Å². The molecule has 2 aromatic rings. The molecule has 6 heteroatoms. The van der Waals surface area contributed by atoms with E-state index in [1.165, 1.54) is 44.1 Å². The van der Waals surface area contributed by atoms with Gasteiger partial charge in [0.2, 0.25) is 0 Å². The molecule has 4 nitrogen and oxygen atoms in total. The van der Waals surface area contributed by atoms with Crippen LogP contribution in [0.1, 0.15) is 31.4 Å². The van der Waals surface area contributed by atoms with Gasteiger partial charge in [0.25, 0.3) is 0 Å². The van der Waals surface area contributed by atoms with Crippen LogP contribution in [0.5, 0.6) is 11.5 Å². The maximum absolute atomic E-state index is 14.3. The van der Waals surface area contributed by atoms with E-state index in [9.17, 15) is 4.39 Å². The third kappa shape index (κ3) is 4.65. The summed E-state index contributed by atoms with van der Waals surface area (Å²) in [5.74, 6) is 1.02. The molecule has 2 N–H and O–H groups in total. The van der Waals surface area contributed by atoms with Crippen molar-refractivity contribution in [2.75, 3.05) is 25.4 Å². The Hall–Kier alpha value is -2.31. The van der Waals surface area contributed by atoms with Crippen molar-refractivity contribution in [1.29, 1.82) is 0 Å². The molecule has 1 aromatic carbocycles. The van der Waals surface area contributed by atoms with Gasteiger partial charge in [0.05, 0.1) is 10.6 Å². The lowest BCUT2D eigenvalue weighted by Crippen LogP contribution is -2.26. The number of hydrogen-bond acceptors (Lipinski definition) is 5. The molecular formula is C25H28FN3OS. The van der Waals surface area contributed by atoms with Crippen LogP contribution >= 0.6 is 11.8 Å². The molecule has 2 aliphatic heterocycles. The van der Waals surface area contributed by atoms with Crippen molar-refractivity contribution in [3.8, 4) is 11.5 Å². The van der Waals surface area contributed by atoms with Crippen molar-refractivity contribution in [1.82, 2.24) is 9.88 Å². The number of aromatic nitrogens is 1. The number of aryl methyl sites for hydroxylation is 1. The highest BCUT2D eigenvalue weighted by molar-refractivity contribution is 8.00. The van der Waals surface area contributed by atoms with E-state index in [1.807, 2.05) is 6.07 Å².